The van der Waals surface area contributed by atoms with E-state index in [1.54, 1.807) is 41.3 Å². The Morgan fingerprint density at radius 3 is 2.35 bits per heavy atom. The van der Waals surface area contributed by atoms with E-state index in [9.17, 15) is 14.4 Å². The van der Waals surface area contributed by atoms with Crippen LogP contribution in [0.1, 0.15) is 23.1 Å². The van der Waals surface area contributed by atoms with Gasteiger partial charge in [0.1, 0.15) is 5.75 Å². The SMILES string of the molecule is Cc1cc(Br)cc(C)c1NC(=O)COc1ccc(N2C[C@@H](C(=O)NCc3ccc(Cl)cc3)CC2=O)cc1. The van der Waals surface area contributed by atoms with Crippen molar-refractivity contribution < 1.29 is 19.1 Å². The molecular formula is C28H27BrClN3O4. The summed E-state index contributed by atoms with van der Waals surface area (Å²) in [6, 6.07) is 18.0. The molecule has 3 amide bonds. The Bertz CT molecular complexity index is 1290. The molecule has 3 aromatic carbocycles. The summed E-state index contributed by atoms with van der Waals surface area (Å²) >= 11 is 9.35. The molecule has 0 spiro atoms. The minimum absolute atomic E-state index is 0.111. The molecule has 1 saturated heterocycles. The lowest BCUT2D eigenvalue weighted by atomic mass is 10.1. The van der Waals surface area contributed by atoms with Crippen molar-refractivity contribution in [1.82, 2.24) is 5.32 Å². The molecule has 0 saturated carbocycles. The maximum atomic E-state index is 12.6. The van der Waals surface area contributed by atoms with Gasteiger partial charge < -0.3 is 20.3 Å². The van der Waals surface area contributed by atoms with E-state index in [-0.39, 0.29) is 30.7 Å². The average Bonchev–Trinajstić information content (AvgIpc) is 3.26. The molecule has 1 heterocycles. The van der Waals surface area contributed by atoms with Gasteiger partial charge >= 0.3 is 0 Å². The molecule has 192 valence electrons. The van der Waals surface area contributed by atoms with Crippen LogP contribution in [-0.4, -0.2) is 30.9 Å². The Morgan fingerprint density at radius 1 is 1.05 bits per heavy atom. The summed E-state index contributed by atoms with van der Waals surface area (Å²) < 4.78 is 6.59. The highest BCUT2D eigenvalue weighted by molar-refractivity contribution is 9.10. The summed E-state index contributed by atoms with van der Waals surface area (Å²) in [5.41, 5.74) is 4.29. The standard InChI is InChI=1S/C28H27BrClN3O4/c1-17-11-21(29)12-18(2)27(17)32-25(34)16-37-24-9-7-23(8-10-24)33-15-20(13-26(33)35)28(36)31-14-19-3-5-22(30)6-4-19/h3-12,20H,13-16H2,1-2H3,(H,31,36)(H,32,34)/t20-/m0/s1. The van der Waals surface area contributed by atoms with Gasteiger partial charge in [-0.15, -0.1) is 0 Å². The number of anilines is 2. The van der Waals surface area contributed by atoms with Crippen LogP contribution in [-0.2, 0) is 20.9 Å². The van der Waals surface area contributed by atoms with Gasteiger partial charge in [0.05, 0.1) is 5.92 Å². The highest BCUT2D eigenvalue weighted by Crippen LogP contribution is 2.28. The molecule has 1 atom stereocenters. The van der Waals surface area contributed by atoms with Crippen molar-refractivity contribution in [3.05, 3.63) is 86.8 Å². The summed E-state index contributed by atoms with van der Waals surface area (Å²) in [6.07, 6.45) is 0.153. The Labute approximate surface area is 229 Å². The number of benzene rings is 3. The van der Waals surface area contributed by atoms with Gasteiger partial charge in [-0.05, 0) is 79.1 Å². The van der Waals surface area contributed by atoms with E-state index in [1.165, 1.54) is 0 Å². The van der Waals surface area contributed by atoms with E-state index in [0.717, 1.165) is 26.9 Å². The van der Waals surface area contributed by atoms with Crippen LogP contribution in [0.4, 0.5) is 11.4 Å². The molecule has 1 aliphatic heterocycles. The molecule has 1 aliphatic rings. The van der Waals surface area contributed by atoms with Crippen molar-refractivity contribution in [2.75, 3.05) is 23.4 Å². The molecular weight excluding hydrogens is 558 g/mol. The molecule has 9 heteroatoms. The van der Waals surface area contributed by atoms with Crippen molar-refractivity contribution in [1.29, 1.82) is 0 Å². The van der Waals surface area contributed by atoms with Crippen LogP contribution < -0.4 is 20.3 Å². The Balaban J connectivity index is 1.28. The maximum Gasteiger partial charge on any atom is 0.262 e. The van der Waals surface area contributed by atoms with Crippen molar-refractivity contribution in [2.24, 2.45) is 5.92 Å². The van der Waals surface area contributed by atoms with Crippen LogP contribution in [0.2, 0.25) is 5.02 Å². The van der Waals surface area contributed by atoms with Crippen molar-refractivity contribution >= 4 is 56.6 Å². The van der Waals surface area contributed by atoms with E-state index in [0.29, 0.717) is 29.5 Å². The molecule has 0 bridgehead atoms. The number of aryl methyl sites for hydroxylation is 2. The van der Waals surface area contributed by atoms with Crippen molar-refractivity contribution in [3.8, 4) is 5.75 Å². The summed E-state index contributed by atoms with van der Waals surface area (Å²) in [5, 5.41) is 6.43. The van der Waals surface area contributed by atoms with Gasteiger partial charge in [-0.25, -0.2) is 0 Å². The van der Waals surface area contributed by atoms with Gasteiger partial charge in [-0.1, -0.05) is 39.7 Å². The van der Waals surface area contributed by atoms with Crippen molar-refractivity contribution in [3.63, 3.8) is 0 Å². The van der Waals surface area contributed by atoms with Crippen LogP contribution in [0.25, 0.3) is 0 Å². The largest absolute Gasteiger partial charge is 0.484 e. The molecule has 1 fully saturated rings. The smallest absolute Gasteiger partial charge is 0.262 e. The van der Waals surface area contributed by atoms with E-state index >= 15 is 0 Å². The monoisotopic (exact) mass is 583 g/mol. The minimum Gasteiger partial charge on any atom is -0.484 e. The van der Waals surface area contributed by atoms with E-state index in [1.807, 2.05) is 38.1 Å². The molecule has 2 N–H and O–H groups in total. The first-order chi connectivity index (χ1) is 17.7. The molecule has 7 nitrogen and oxygen atoms in total. The second kappa shape index (κ2) is 11.8. The lowest BCUT2D eigenvalue weighted by Gasteiger charge is -2.17. The van der Waals surface area contributed by atoms with E-state index in [4.69, 9.17) is 16.3 Å². The number of hydrogen-bond acceptors (Lipinski definition) is 4. The topological polar surface area (TPSA) is 87.7 Å². The molecule has 37 heavy (non-hydrogen) atoms. The minimum atomic E-state index is -0.426. The Hall–Kier alpha value is -3.36. The van der Waals surface area contributed by atoms with Gasteiger partial charge in [-0.3, -0.25) is 14.4 Å². The summed E-state index contributed by atoms with van der Waals surface area (Å²) in [6.45, 7) is 4.40. The predicted molar refractivity (Wildman–Crippen MR) is 148 cm³/mol. The van der Waals surface area contributed by atoms with Gasteiger partial charge in [-0.2, -0.15) is 0 Å². The number of nitrogens with zero attached hydrogens (tertiary/aromatic N) is 1. The number of carbonyl (C=O) groups excluding carboxylic acids is 3. The van der Waals surface area contributed by atoms with Crippen LogP contribution in [0.3, 0.4) is 0 Å². The van der Waals surface area contributed by atoms with E-state index in [2.05, 4.69) is 26.6 Å². The fourth-order valence-corrected chi connectivity index (χ4v) is 5.04. The fourth-order valence-electron chi connectivity index (χ4n) is 4.22. The van der Waals surface area contributed by atoms with Crippen molar-refractivity contribution in [2.45, 2.75) is 26.8 Å². The number of ether oxygens (including phenoxy) is 1. The van der Waals surface area contributed by atoms with Crippen LogP contribution >= 0.6 is 27.5 Å². The van der Waals surface area contributed by atoms with E-state index < -0.39 is 5.92 Å². The third-order valence-electron chi connectivity index (χ3n) is 6.16. The Kier molecular flexibility index (Phi) is 8.51. The lowest BCUT2D eigenvalue weighted by Crippen LogP contribution is -2.32. The van der Waals surface area contributed by atoms with Gasteiger partial charge in [0.15, 0.2) is 6.61 Å². The zero-order valence-corrected chi connectivity index (χ0v) is 22.9. The van der Waals surface area contributed by atoms with Crippen LogP contribution in [0, 0.1) is 19.8 Å². The lowest BCUT2D eigenvalue weighted by molar-refractivity contribution is -0.126. The number of amides is 3. The second-order valence-corrected chi connectivity index (χ2v) is 10.3. The zero-order valence-electron chi connectivity index (χ0n) is 20.5. The normalized spacial score (nSPS) is 15.0. The second-order valence-electron chi connectivity index (χ2n) is 8.99. The Morgan fingerprint density at radius 2 is 1.70 bits per heavy atom. The third kappa shape index (κ3) is 6.90. The van der Waals surface area contributed by atoms with Gasteiger partial charge in [0, 0.05) is 40.4 Å². The molecule has 0 aliphatic carbocycles. The zero-order chi connectivity index (χ0) is 26.5. The quantitative estimate of drug-likeness (QED) is 0.371. The molecule has 0 unspecified atom stereocenters. The maximum absolute atomic E-state index is 12.6. The molecule has 4 rings (SSSR count). The van der Waals surface area contributed by atoms with Crippen LogP contribution in [0.15, 0.2) is 65.1 Å². The highest BCUT2D eigenvalue weighted by atomic mass is 79.9. The summed E-state index contributed by atoms with van der Waals surface area (Å²) in [4.78, 5) is 39.2. The number of rotatable bonds is 8. The van der Waals surface area contributed by atoms with Crippen LogP contribution in [0.5, 0.6) is 5.75 Å². The number of carbonyl (C=O) groups is 3. The van der Waals surface area contributed by atoms with Gasteiger partial charge in [0.25, 0.3) is 5.91 Å². The predicted octanol–water partition coefficient (Wildman–Crippen LogP) is 5.41. The number of halogens is 2. The number of hydrogen-bond donors (Lipinski definition) is 2. The summed E-state index contributed by atoms with van der Waals surface area (Å²) in [7, 11) is 0. The fraction of sp³-hybridized carbons (Fsp3) is 0.250. The summed E-state index contributed by atoms with van der Waals surface area (Å²) in [5.74, 6) is -0.454. The first kappa shape index (κ1) is 26.7. The first-order valence-corrected chi connectivity index (χ1v) is 13.0. The third-order valence-corrected chi connectivity index (χ3v) is 6.87. The average molecular weight is 585 g/mol. The first-order valence-electron chi connectivity index (χ1n) is 11.8. The van der Waals surface area contributed by atoms with Gasteiger partial charge in [0.2, 0.25) is 11.8 Å². The highest BCUT2D eigenvalue weighted by Gasteiger charge is 2.35. The molecule has 0 aromatic heterocycles. The molecule has 0 radical (unpaired) electrons. The number of nitrogens with one attached hydrogen (secondary N) is 2. The molecule has 3 aromatic rings.